The molecule has 0 saturated carbocycles. The standard InChI is InChI=1S/C12H14N2O6/c15-11(16)5-7-13(8-6-12(17)18)9-1-3-10(4-2-9)14(19)20/h1-4H,5-8H2,(H,15,16)(H,17,18). The minimum absolute atomic E-state index is 0.0785. The van der Waals surface area contributed by atoms with E-state index >= 15 is 0 Å². The second-order valence-electron chi connectivity index (χ2n) is 4.05. The summed E-state index contributed by atoms with van der Waals surface area (Å²) in [5, 5.41) is 27.9. The summed E-state index contributed by atoms with van der Waals surface area (Å²) in [6, 6.07) is 5.54. The van der Waals surface area contributed by atoms with Crippen molar-refractivity contribution in [3.8, 4) is 0 Å². The predicted molar refractivity (Wildman–Crippen MR) is 69.8 cm³/mol. The molecule has 2 N–H and O–H groups in total. The van der Waals surface area contributed by atoms with Crippen LogP contribution in [0.4, 0.5) is 11.4 Å². The zero-order valence-corrected chi connectivity index (χ0v) is 10.6. The summed E-state index contributed by atoms with van der Waals surface area (Å²) in [6.45, 7) is 0.279. The van der Waals surface area contributed by atoms with E-state index in [0.29, 0.717) is 5.69 Å². The van der Waals surface area contributed by atoms with Crippen LogP contribution in [-0.2, 0) is 9.59 Å². The highest BCUT2D eigenvalue weighted by molar-refractivity contribution is 5.69. The van der Waals surface area contributed by atoms with Crippen LogP contribution in [0.5, 0.6) is 0 Å². The number of carboxylic acid groups (broad SMARTS) is 2. The fraction of sp³-hybridized carbons (Fsp3) is 0.333. The number of aliphatic carboxylic acids is 2. The van der Waals surface area contributed by atoms with Gasteiger partial charge in [-0.1, -0.05) is 0 Å². The van der Waals surface area contributed by atoms with Crippen LogP contribution in [0.2, 0.25) is 0 Å². The molecule has 1 aromatic carbocycles. The van der Waals surface area contributed by atoms with Gasteiger partial charge in [0.15, 0.2) is 0 Å². The van der Waals surface area contributed by atoms with Gasteiger partial charge in [0, 0.05) is 30.9 Å². The third-order valence-electron chi connectivity index (χ3n) is 2.62. The van der Waals surface area contributed by atoms with E-state index in [-0.39, 0.29) is 31.6 Å². The molecule has 0 aromatic heterocycles. The van der Waals surface area contributed by atoms with E-state index in [0.717, 1.165) is 0 Å². The van der Waals surface area contributed by atoms with Crippen molar-refractivity contribution in [2.45, 2.75) is 12.8 Å². The maximum absolute atomic E-state index is 10.6. The molecule has 0 heterocycles. The number of carboxylic acids is 2. The molecule has 8 nitrogen and oxygen atoms in total. The van der Waals surface area contributed by atoms with Gasteiger partial charge in [-0.15, -0.1) is 0 Å². The average Bonchev–Trinajstić information content (AvgIpc) is 2.38. The van der Waals surface area contributed by atoms with E-state index < -0.39 is 16.9 Å². The largest absolute Gasteiger partial charge is 0.481 e. The highest BCUT2D eigenvalue weighted by atomic mass is 16.6. The van der Waals surface area contributed by atoms with Crippen LogP contribution in [0.1, 0.15) is 12.8 Å². The smallest absolute Gasteiger partial charge is 0.305 e. The number of benzene rings is 1. The molecule has 8 heteroatoms. The number of rotatable bonds is 8. The molecule has 1 rings (SSSR count). The molecule has 108 valence electrons. The van der Waals surface area contributed by atoms with Crippen molar-refractivity contribution in [3.63, 3.8) is 0 Å². The Kier molecular flexibility index (Phi) is 5.45. The molecule has 0 radical (unpaired) electrons. The van der Waals surface area contributed by atoms with Gasteiger partial charge >= 0.3 is 11.9 Å². The van der Waals surface area contributed by atoms with Crippen molar-refractivity contribution in [2.75, 3.05) is 18.0 Å². The van der Waals surface area contributed by atoms with Gasteiger partial charge in [-0.3, -0.25) is 19.7 Å². The van der Waals surface area contributed by atoms with Gasteiger partial charge in [-0.2, -0.15) is 0 Å². The molecule has 0 bridgehead atoms. The first kappa shape index (κ1) is 15.4. The summed E-state index contributed by atoms with van der Waals surface area (Å²) in [4.78, 5) is 32.8. The molecule has 0 saturated heterocycles. The maximum atomic E-state index is 10.6. The van der Waals surface area contributed by atoms with E-state index in [1.165, 1.54) is 24.3 Å². The van der Waals surface area contributed by atoms with Gasteiger partial charge in [0.05, 0.1) is 17.8 Å². The second-order valence-corrected chi connectivity index (χ2v) is 4.05. The normalized spacial score (nSPS) is 10.0. The Balaban J connectivity index is 2.81. The number of hydrogen-bond donors (Lipinski definition) is 2. The molecule has 0 atom stereocenters. The number of non-ortho nitro benzene ring substituents is 1. The van der Waals surface area contributed by atoms with E-state index in [4.69, 9.17) is 10.2 Å². The number of carbonyl (C=O) groups is 2. The zero-order chi connectivity index (χ0) is 15.1. The summed E-state index contributed by atoms with van der Waals surface area (Å²) >= 11 is 0. The lowest BCUT2D eigenvalue weighted by molar-refractivity contribution is -0.384. The van der Waals surface area contributed by atoms with Crippen LogP contribution < -0.4 is 4.90 Å². The minimum Gasteiger partial charge on any atom is -0.481 e. The molecule has 0 aliphatic carbocycles. The third-order valence-corrected chi connectivity index (χ3v) is 2.62. The van der Waals surface area contributed by atoms with Crippen LogP contribution >= 0.6 is 0 Å². The number of anilines is 1. The van der Waals surface area contributed by atoms with Gasteiger partial charge in [-0.05, 0) is 12.1 Å². The summed E-state index contributed by atoms with van der Waals surface area (Å²) in [7, 11) is 0. The van der Waals surface area contributed by atoms with Crippen molar-refractivity contribution in [2.24, 2.45) is 0 Å². The Morgan fingerprint density at radius 1 is 1.05 bits per heavy atom. The van der Waals surface area contributed by atoms with Crippen LogP contribution in [0, 0.1) is 10.1 Å². The molecule has 0 aliphatic rings. The number of nitro benzene ring substituents is 1. The highest BCUT2D eigenvalue weighted by Crippen LogP contribution is 2.19. The number of nitrogens with zero attached hydrogens (tertiary/aromatic N) is 2. The molecular weight excluding hydrogens is 268 g/mol. The van der Waals surface area contributed by atoms with E-state index in [2.05, 4.69) is 0 Å². The second kappa shape index (κ2) is 7.07. The van der Waals surface area contributed by atoms with E-state index in [1.54, 1.807) is 4.90 Å². The number of nitro groups is 1. The van der Waals surface area contributed by atoms with Crippen LogP contribution in [0.25, 0.3) is 0 Å². The third kappa shape index (κ3) is 4.92. The van der Waals surface area contributed by atoms with Gasteiger partial charge in [0.1, 0.15) is 0 Å². The summed E-state index contributed by atoms with van der Waals surface area (Å²) in [5.74, 6) is -1.99. The summed E-state index contributed by atoms with van der Waals surface area (Å²) in [5.41, 5.74) is 0.475. The van der Waals surface area contributed by atoms with Crippen LogP contribution in [0.15, 0.2) is 24.3 Å². The molecule has 0 aliphatic heterocycles. The lowest BCUT2D eigenvalue weighted by Gasteiger charge is -2.23. The molecule has 0 spiro atoms. The average molecular weight is 282 g/mol. The maximum Gasteiger partial charge on any atom is 0.305 e. The quantitative estimate of drug-likeness (QED) is 0.545. The van der Waals surface area contributed by atoms with E-state index in [9.17, 15) is 19.7 Å². The predicted octanol–water partition coefficient (Wildman–Crippen LogP) is 1.35. The Hall–Kier alpha value is -2.64. The summed E-state index contributed by atoms with van der Waals surface area (Å²) < 4.78 is 0. The molecule has 1 aromatic rings. The fourth-order valence-corrected chi connectivity index (χ4v) is 1.62. The lowest BCUT2D eigenvalue weighted by Crippen LogP contribution is -2.28. The first-order chi connectivity index (χ1) is 9.40. The Bertz CT molecular complexity index is 481. The Morgan fingerprint density at radius 3 is 1.85 bits per heavy atom. The van der Waals surface area contributed by atoms with Crippen molar-refractivity contribution >= 4 is 23.3 Å². The van der Waals surface area contributed by atoms with E-state index in [1.807, 2.05) is 0 Å². The monoisotopic (exact) mass is 282 g/mol. The fourth-order valence-electron chi connectivity index (χ4n) is 1.62. The topological polar surface area (TPSA) is 121 Å². The molecule has 0 unspecified atom stereocenters. The SMILES string of the molecule is O=C(O)CCN(CCC(=O)O)c1ccc([N+](=O)[O-])cc1. The minimum atomic E-state index is -0.993. The summed E-state index contributed by atoms with van der Waals surface area (Å²) in [6.07, 6.45) is -0.285. The first-order valence-corrected chi connectivity index (χ1v) is 5.83. The van der Waals surface area contributed by atoms with Crippen molar-refractivity contribution < 1.29 is 24.7 Å². The van der Waals surface area contributed by atoms with Gasteiger partial charge in [-0.25, -0.2) is 0 Å². The van der Waals surface area contributed by atoms with Gasteiger partial charge in [0.25, 0.3) is 5.69 Å². The number of hydrogen-bond acceptors (Lipinski definition) is 5. The molecule has 20 heavy (non-hydrogen) atoms. The van der Waals surface area contributed by atoms with Crippen molar-refractivity contribution in [3.05, 3.63) is 34.4 Å². The van der Waals surface area contributed by atoms with Gasteiger partial charge in [0.2, 0.25) is 0 Å². The van der Waals surface area contributed by atoms with Crippen molar-refractivity contribution in [1.29, 1.82) is 0 Å². The Labute approximate surface area is 114 Å². The van der Waals surface area contributed by atoms with Crippen LogP contribution in [-0.4, -0.2) is 40.2 Å². The molecule has 0 fully saturated rings. The molecule has 0 amide bonds. The zero-order valence-electron chi connectivity index (χ0n) is 10.6. The molecular formula is C12H14N2O6. The highest BCUT2D eigenvalue weighted by Gasteiger charge is 2.12. The first-order valence-electron chi connectivity index (χ1n) is 5.83. The Morgan fingerprint density at radius 2 is 1.50 bits per heavy atom. The lowest BCUT2D eigenvalue weighted by atomic mass is 10.2. The van der Waals surface area contributed by atoms with Gasteiger partial charge < -0.3 is 15.1 Å². The van der Waals surface area contributed by atoms with Crippen LogP contribution in [0.3, 0.4) is 0 Å². The van der Waals surface area contributed by atoms with Crippen molar-refractivity contribution in [1.82, 2.24) is 0 Å².